The van der Waals surface area contributed by atoms with Crippen LogP contribution in [0.25, 0.3) is 0 Å². The summed E-state index contributed by atoms with van der Waals surface area (Å²) in [6.07, 6.45) is 0.309. The Labute approximate surface area is 137 Å². The van der Waals surface area contributed by atoms with Gasteiger partial charge in [-0.2, -0.15) is 13.2 Å². The molecule has 1 aromatic heterocycles. The van der Waals surface area contributed by atoms with E-state index in [9.17, 15) is 22.8 Å². The maximum Gasteiger partial charge on any atom is 0.417 e. The molecule has 3 rings (SSSR count). The summed E-state index contributed by atoms with van der Waals surface area (Å²) in [5, 5.41) is 2.83. The van der Waals surface area contributed by atoms with E-state index in [2.05, 4.69) is 10.2 Å². The summed E-state index contributed by atoms with van der Waals surface area (Å²) in [4.78, 5) is 26.1. The fourth-order valence-corrected chi connectivity index (χ4v) is 3.10. The summed E-state index contributed by atoms with van der Waals surface area (Å²) in [7, 11) is 0. The molecule has 0 bridgehead atoms. The molecule has 24 heavy (non-hydrogen) atoms. The van der Waals surface area contributed by atoms with Crippen molar-refractivity contribution in [2.45, 2.75) is 50.5 Å². The molecule has 0 spiro atoms. The number of halogens is 3. The van der Waals surface area contributed by atoms with Crippen molar-refractivity contribution in [3.05, 3.63) is 34.2 Å². The van der Waals surface area contributed by atoms with Gasteiger partial charge in [-0.1, -0.05) is 0 Å². The Balaban J connectivity index is 1.56. The molecule has 5 nitrogen and oxygen atoms in total. The summed E-state index contributed by atoms with van der Waals surface area (Å²) in [5.74, 6) is -0.429. The first-order valence-electron chi connectivity index (χ1n) is 8.14. The standard InChI is InChI=1S/C16H20F3N3O2/c17-16(18,19)11-1-4-15(24)22(9-11)10-14(23)20-12-5-7-21(8-6-12)13-2-3-13/h1,4,9,12-13H,2-3,5-8,10H2,(H,20,23). The lowest BCUT2D eigenvalue weighted by Crippen LogP contribution is -2.46. The Morgan fingerprint density at radius 3 is 2.42 bits per heavy atom. The number of pyridine rings is 1. The number of hydrogen-bond acceptors (Lipinski definition) is 3. The number of rotatable bonds is 4. The van der Waals surface area contributed by atoms with Crippen molar-refractivity contribution < 1.29 is 18.0 Å². The Bertz CT molecular complexity index is 659. The summed E-state index contributed by atoms with van der Waals surface area (Å²) < 4.78 is 38.9. The van der Waals surface area contributed by atoms with E-state index in [1.54, 1.807) is 0 Å². The molecule has 1 aliphatic heterocycles. The fraction of sp³-hybridized carbons (Fsp3) is 0.625. The van der Waals surface area contributed by atoms with Gasteiger partial charge in [-0.15, -0.1) is 0 Å². The average molecular weight is 343 g/mol. The Morgan fingerprint density at radius 2 is 1.83 bits per heavy atom. The summed E-state index contributed by atoms with van der Waals surface area (Å²) in [5.41, 5.74) is -1.56. The van der Waals surface area contributed by atoms with E-state index >= 15 is 0 Å². The molecule has 0 unspecified atom stereocenters. The number of carbonyl (C=O) groups excluding carboxylic acids is 1. The van der Waals surface area contributed by atoms with Gasteiger partial charge in [-0.05, 0) is 31.7 Å². The van der Waals surface area contributed by atoms with Crippen LogP contribution in [-0.4, -0.2) is 40.5 Å². The van der Waals surface area contributed by atoms with Crippen LogP contribution in [0.1, 0.15) is 31.2 Å². The van der Waals surface area contributed by atoms with Crippen molar-refractivity contribution in [2.75, 3.05) is 13.1 Å². The third-order valence-electron chi connectivity index (χ3n) is 4.58. The Hall–Kier alpha value is -1.83. The van der Waals surface area contributed by atoms with Crippen LogP contribution in [0.5, 0.6) is 0 Å². The molecule has 1 saturated heterocycles. The second-order valence-electron chi connectivity index (χ2n) is 6.49. The molecule has 1 N–H and O–H groups in total. The topological polar surface area (TPSA) is 54.3 Å². The molecular weight excluding hydrogens is 323 g/mol. The largest absolute Gasteiger partial charge is 0.417 e. The molecule has 1 aromatic rings. The zero-order valence-corrected chi connectivity index (χ0v) is 13.2. The molecule has 132 valence electrons. The van der Waals surface area contributed by atoms with Gasteiger partial charge in [0.05, 0.1) is 5.56 Å². The van der Waals surface area contributed by atoms with Crippen molar-refractivity contribution in [3.8, 4) is 0 Å². The van der Waals surface area contributed by atoms with Crippen molar-refractivity contribution in [3.63, 3.8) is 0 Å². The van der Waals surface area contributed by atoms with E-state index in [0.717, 1.165) is 42.6 Å². The zero-order chi connectivity index (χ0) is 17.3. The molecule has 1 saturated carbocycles. The first-order chi connectivity index (χ1) is 11.3. The highest BCUT2D eigenvalue weighted by Crippen LogP contribution is 2.29. The molecule has 2 heterocycles. The Morgan fingerprint density at radius 1 is 1.17 bits per heavy atom. The van der Waals surface area contributed by atoms with Gasteiger partial charge >= 0.3 is 6.18 Å². The molecule has 1 amide bonds. The zero-order valence-electron chi connectivity index (χ0n) is 13.2. The average Bonchev–Trinajstić information content (AvgIpc) is 3.34. The minimum Gasteiger partial charge on any atom is -0.352 e. The van der Waals surface area contributed by atoms with E-state index in [0.29, 0.717) is 12.2 Å². The molecule has 1 aliphatic carbocycles. The highest BCUT2D eigenvalue weighted by molar-refractivity contribution is 5.76. The monoisotopic (exact) mass is 343 g/mol. The molecule has 2 aliphatic rings. The molecular formula is C16H20F3N3O2. The van der Waals surface area contributed by atoms with Gasteiger partial charge in [-0.25, -0.2) is 0 Å². The molecule has 2 fully saturated rings. The number of alkyl halides is 3. The van der Waals surface area contributed by atoms with Crippen LogP contribution in [0.15, 0.2) is 23.1 Å². The maximum absolute atomic E-state index is 12.7. The number of nitrogens with one attached hydrogen (secondary N) is 1. The number of nitrogens with zero attached hydrogens (tertiary/aromatic N) is 2. The lowest BCUT2D eigenvalue weighted by molar-refractivity contribution is -0.138. The minimum atomic E-state index is -4.54. The predicted octanol–water partition coefficient (Wildman–Crippen LogP) is 1.61. The van der Waals surface area contributed by atoms with Gasteiger partial charge < -0.3 is 14.8 Å². The second-order valence-corrected chi connectivity index (χ2v) is 6.49. The van der Waals surface area contributed by atoms with Crippen LogP contribution in [-0.2, 0) is 17.5 Å². The Kier molecular flexibility index (Phi) is 4.67. The smallest absolute Gasteiger partial charge is 0.352 e. The number of piperidine rings is 1. The summed E-state index contributed by atoms with van der Waals surface area (Å²) in [6.45, 7) is 1.46. The summed E-state index contributed by atoms with van der Waals surface area (Å²) in [6, 6.07) is 2.29. The number of likely N-dealkylation sites (tertiary alicyclic amines) is 1. The molecule has 8 heteroatoms. The highest BCUT2D eigenvalue weighted by atomic mass is 19.4. The molecule has 0 aromatic carbocycles. The van der Waals surface area contributed by atoms with Gasteiger partial charge in [0.2, 0.25) is 5.91 Å². The molecule has 0 radical (unpaired) electrons. The minimum absolute atomic E-state index is 0.0222. The van der Waals surface area contributed by atoms with Crippen molar-refractivity contribution in [2.24, 2.45) is 0 Å². The number of hydrogen-bond donors (Lipinski definition) is 1. The van der Waals surface area contributed by atoms with E-state index in [4.69, 9.17) is 0 Å². The lowest BCUT2D eigenvalue weighted by atomic mass is 10.0. The number of amides is 1. The third kappa shape index (κ3) is 4.17. The van der Waals surface area contributed by atoms with E-state index < -0.39 is 29.8 Å². The number of aromatic nitrogens is 1. The lowest BCUT2D eigenvalue weighted by Gasteiger charge is -2.32. The predicted molar refractivity (Wildman–Crippen MR) is 81.5 cm³/mol. The van der Waals surface area contributed by atoms with Crippen LogP contribution in [0, 0.1) is 0 Å². The maximum atomic E-state index is 12.7. The first-order valence-corrected chi connectivity index (χ1v) is 8.14. The van der Waals surface area contributed by atoms with Crippen LogP contribution >= 0.6 is 0 Å². The van der Waals surface area contributed by atoms with Crippen molar-refractivity contribution >= 4 is 5.91 Å². The van der Waals surface area contributed by atoms with Gasteiger partial charge in [-0.3, -0.25) is 9.59 Å². The van der Waals surface area contributed by atoms with Gasteiger partial charge in [0.15, 0.2) is 0 Å². The van der Waals surface area contributed by atoms with Crippen molar-refractivity contribution in [1.29, 1.82) is 0 Å². The van der Waals surface area contributed by atoms with Crippen LogP contribution < -0.4 is 10.9 Å². The van der Waals surface area contributed by atoms with Crippen LogP contribution in [0.3, 0.4) is 0 Å². The highest BCUT2D eigenvalue weighted by Gasteiger charge is 2.33. The second kappa shape index (κ2) is 6.58. The van der Waals surface area contributed by atoms with E-state index in [1.807, 2.05) is 0 Å². The third-order valence-corrected chi connectivity index (χ3v) is 4.58. The van der Waals surface area contributed by atoms with Gasteiger partial charge in [0, 0.05) is 37.4 Å². The van der Waals surface area contributed by atoms with Crippen molar-refractivity contribution in [1.82, 2.24) is 14.8 Å². The van der Waals surface area contributed by atoms with Crippen LogP contribution in [0.4, 0.5) is 13.2 Å². The van der Waals surface area contributed by atoms with Gasteiger partial charge in [0.1, 0.15) is 6.54 Å². The van der Waals surface area contributed by atoms with E-state index in [1.165, 1.54) is 12.8 Å². The van der Waals surface area contributed by atoms with Crippen LogP contribution in [0.2, 0.25) is 0 Å². The fourth-order valence-electron chi connectivity index (χ4n) is 3.10. The van der Waals surface area contributed by atoms with E-state index in [-0.39, 0.29) is 6.04 Å². The van der Waals surface area contributed by atoms with Gasteiger partial charge in [0.25, 0.3) is 5.56 Å². The quantitative estimate of drug-likeness (QED) is 0.904. The number of carbonyl (C=O) groups is 1. The normalized spacial score (nSPS) is 20.1. The SMILES string of the molecule is O=C(Cn1cc(C(F)(F)F)ccc1=O)NC1CCN(C2CC2)CC1. The molecule has 0 atom stereocenters. The first kappa shape index (κ1) is 17.0. The summed E-state index contributed by atoms with van der Waals surface area (Å²) >= 11 is 0.